The number of esters is 1. The highest BCUT2D eigenvalue weighted by Gasteiger charge is 2.00. The summed E-state index contributed by atoms with van der Waals surface area (Å²) >= 11 is 0. The van der Waals surface area contributed by atoms with Crippen molar-refractivity contribution in [1.82, 2.24) is 0 Å². The summed E-state index contributed by atoms with van der Waals surface area (Å²) in [6.07, 6.45) is 2.42. The molecule has 0 bridgehead atoms. The highest BCUT2D eigenvalue weighted by Crippen LogP contribution is 1.96. The molecule has 0 aliphatic rings. The fourth-order valence-corrected chi connectivity index (χ4v) is 0.566. The lowest BCUT2D eigenvalue weighted by Crippen LogP contribution is -2.10. The van der Waals surface area contributed by atoms with Gasteiger partial charge in [0.2, 0.25) is 0 Å². The van der Waals surface area contributed by atoms with Gasteiger partial charge < -0.3 is 4.74 Å². The van der Waals surface area contributed by atoms with Gasteiger partial charge in [-0.15, -0.1) is 6.58 Å². The maximum Gasteiger partial charge on any atom is 0.302 e. The Balaban J connectivity index is 3.37. The molecule has 0 spiro atoms. The van der Waals surface area contributed by atoms with Gasteiger partial charge in [0.15, 0.2) is 0 Å². The molecule has 0 heterocycles. The van der Waals surface area contributed by atoms with Gasteiger partial charge in [0.25, 0.3) is 0 Å². The van der Waals surface area contributed by atoms with Crippen LogP contribution in [0.25, 0.3) is 0 Å². The van der Waals surface area contributed by atoms with Crippen LogP contribution in [0.15, 0.2) is 12.7 Å². The third kappa shape index (κ3) is 5.07. The topological polar surface area (TPSA) is 26.3 Å². The predicted molar refractivity (Wildman–Crippen MR) is 36.0 cm³/mol. The predicted octanol–water partition coefficient (Wildman–Crippen LogP) is 1.51. The van der Waals surface area contributed by atoms with E-state index in [9.17, 15) is 4.79 Å². The molecular formula is C7H12O2. The van der Waals surface area contributed by atoms with E-state index < -0.39 is 0 Å². The minimum Gasteiger partial charge on any atom is -0.463 e. The Morgan fingerprint density at radius 1 is 1.89 bits per heavy atom. The minimum atomic E-state index is -0.232. The van der Waals surface area contributed by atoms with E-state index in [4.69, 9.17) is 4.74 Å². The Labute approximate surface area is 55.5 Å². The molecule has 0 aromatic rings. The first-order chi connectivity index (χ1) is 4.16. The van der Waals surface area contributed by atoms with Crippen LogP contribution >= 0.6 is 0 Å². The van der Waals surface area contributed by atoms with Gasteiger partial charge in [-0.3, -0.25) is 4.79 Å². The van der Waals surface area contributed by atoms with Crippen molar-refractivity contribution in [2.45, 2.75) is 26.4 Å². The quantitative estimate of drug-likeness (QED) is 0.425. The van der Waals surface area contributed by atoms with Crippen LogP contribution in [0, 0.1) is 0 Å². The van der Waals surface area contributed by atoms with E-state index >= 15 is 0 Å². The molecule has 2 nitrogen and oxygen atoms in total. The van der Waals surface area contributed by atoms with Gasteiger partial charge in [0.1, 0.15) is 6.10 Å². The molecule has 0 aliphatic carbocycles. The molecule has 0 rings (SSSR count). The first kappa shape index (κ1) is 8.21. The minimum absolute atomic E-state index is 0.0278. The number of hydrogen-bond donors (Lipinski definition) is 0. The number of carbonyl (C=O) groups is 1. The Hall–Kier alpha value is -0.790. The third-order valence-corrected chi connectivity index (χ3v) is 0.866. The average molecular weight is 128 g/mol. The molecule has 9 heavy (non-hydrogen) atoms. The van der Waals surface area contributed by atoms with E-state index in [2.05, 4.69) is 6.58 Å². The second-order valence-corrected chi connectivity index (χ2v) is 1.94. The summed E-state index contributed by atoms with van der Waals surface area (Å²) in [4.78, 5) is 10.3. The Kier molecular flexibility index (Phi) is 3.76. The smallest absolute Gasteiger partial charge is 0.302 e. The fraction of sp³-hybridized carbons (Fsp3) is 0.571. The summed E-state index contributed by atoms with van der Waals surface area (Å²) in [6, 6.07) is 0. The van der Waals surface area contributed by atoms with Gasteiger partial charge in [-0.2, -0.15) is 0 Å². The number of ether oxygens (including phenoxy) is 1. The molecule has 0 aromatic heterocycles. The maximum atomic E-state index is 10.3. The highest BCUT2D eigenvalue weighted by molar-refractivity contribution is 5.66. The Bertz CT molecular complexity index is 107. The van der Waals surface area contributed by atoms with Gasteiger partial charge in [-0.05, 0) is 6.92 Å². The van der Waals surface area contributed by atoms with E-state index in [1.165, 1.54) is 6.92 Å². The molecule has 0 saturated heterocycles. The summed E-state index contributed by atoms with van der Waals surface area (Å²) in [6.45, 7) is 6.76. The summed E-state index contributed by atoms with van der Waals surface area (Å²) < 4.78 is 4.78. The van der Waals surface area contributed by atoms with Gasteiger partial charge in [0.05, 0.1) is 0 Å². The van der Waals surface area contributed by atoms with Crippen molar-refractivity contribution in [3.8, 4) is 0 Å². The Morgan fingerprint density at radius 3 is 2.78 bits per heavy atom. The van der Waals surface area contributed by atoms with Crippen LogP contribution in [0.2, 0.25) is 0 Å². The van der Waals surface area contributed by atoms with Crippen molar-refractivity contribution in [2.24, 2.45) is 0 Å². The van der Waals surface area contributed by atoms with E-state index in [0.717, 1.165) is 6.42 Å². The van der Waals surface area contributed by atoms with Gasteiger partial charge >= 0.3 is 5.97 Å². The lowest BCUT2D eigenvalue weighted by Gasteiger charge is -2.07. The van der Waals surface area contributed by atoms with Crippen molar-refractivity contribution in [2.75, 3.05) is 0 Å². The largest absolute Gasteiger partial charge is 0.463 e. The monoisotopic (exact) mass is 128 g/mol. The summed E-state index contributed by atoms with van der Waals surface area (Å²) in [7, 11) is 0. The third-order valence-electron chi connectivity index (χ3n) is 0.866. The van der Waals surface area contributed by atoms with Crippen LogP contribution in [0.5, 0.6) is 0 Å². The molecule has 2 heteroatoms. The van der Waals surface area contributed by atoms with Crippen LogP contribution in [0.1, 0.15) is 20.3 Å². The van der Waals surface area contributed by atoms with Crippen LogP contribution in [0.4, 0.5) is 0 Å². The molecule has 0 saturated carbocycles. The average Bonchev–Trinajstić information content (AvgIpc) is 1.63. The zero-order valence-corrected chi connectivity index (χ0v) is 5.89. The lowest BCUT2D eigenvalue weighted by atomic mass is 10.3. The van der Waals surface area contributed by atoms with E-state index in [-0.39, 0.29) is 12.1 Å². The number of rotatable bonds is 3. The number of hydrogen-bond acceptors (Lipinski definition) is 2. The normalized spacial score (nSPS) is 12.2. The zero-order valence-electron chi connectivity index (χ0n) is 5.89. The summed E-state index contributed by atoms with van der Waals surface area (Å²) in [5.74, 6) is -0.232. The van der Waals surface area contributed by atoms with Crippen molar-refractivity contribution in [1.29, 1.82) is 0 Å². The molecular weight excluding hydrogens is 116 g/mol. The van der Waals surface area contributed by atoms with Gasteiger partial charge in [0, 0.05) is 13.3 Å². The second kappa shape index (κ2) is 4.13. The summed E-state index contributed by atoms with van der Waals surface area (Å²) in [5.41, 5.74) is 0. The highest BCUT2D eigenvalue weighted by atomic mass is 16.5. The standard InChI is InChI=1S/C7H12O2/c1-4-5-6(2)9-7(3)8/h4,6H,1,5H2,2-3H3/t6-/m1/s1. The fourth-order valence-electron chi connectivity index (χ4n) is 0.566. The molecule has 0 radical (unpaired) electrons. The molecule has 0 fully saturated rings. The Morgan fingerprint density at radius 2 is 2.44 bits per heavy atom. The van der Waals surface area contributed by atoms with Crippen molar-refractivity contribution >= 4 is 5.97 Å². The molecule has 1 atom stereocenters. The molecule has 0 aliphatic heterocycles. The lowest BCUT2D eigenvalue weighted by molar-refractivity contribution is -0.145. The van der Waals surface area contributed by atoms with Crippen LogP contribution < -0.4 is 0 Å². The SMILES string of the molecule is C=CC[C@@H](C)OC(C)=O. The van der Waals surface area contributed by atoms with Crippen molar-refractivity contribution in [3.05, 3.63) is 12.7 Å². The van der Waals surface area contributed by atoms with Crippen LogP contribution in [-0.4, -0.2) is 12.1 Å². The summed E-state index contributed by atoms with van der Waals surface area (Å²) in [5, 5.41) is 0. The van der Waals surface area contributed by atoms with E-state index in [1.54, 1.807) is 6.08 Å². The molecule has 0 aromatic carbocycles. The van der Waals surface area contributed by atoms with E-state index in [0.29, 0.717) is 0 Å². The second-order valence-electron chi connectivity index (χ2n) is 1.94. The maximum absolute atomic E-state index is 10.3. The van der Waals surface area contributed by atoms with Crippen LogP contribution in [0.3, 0.4) is 0 Å². The number of carbonyl (C=O) groups excluding carboxylic acids is 1. The molecule has 0 unspecified atom stereocenters. The zero-order chi connectivity index (χ0) is 7.28. The van der Waals surface area contributed by atoms with E-state index in [1.807, 2.05) is 6.92 Å². The first-order valence-corrected chi connectivity index (χ1v) is 2.95. The van der Waals surface area contributed by atoms with Crippen molar-refractivity contribution < 1.29 is 9.53 Å². The van der Waals surface area contributed by atoms with Crippen LogP contribution in [-0.2, 0) is 9.53 Å². The van der Waals surface area contributed by atoms with Gasteiger partial charge in [-0.1, -0.05) is 6.08 Å². The van der Waals surface area contributed by atoms with Gasteiger partial charge in [-0.25, -0.2) is 0 Å². The molecule has 0 N–H and O–H groups in total. The molecule has 0 amide bonds. The molecule has 52 valence electrons. The first-order valence-electron chi connectivity index (χ1n) is 2.95. The van der Waals surface area contributed by atoms with Crippen molar-refractivity contribution in [3.63, 3.8) is 0 Å².